The Bertz CT molecular complexity index is 643. The van der Waals surface area contributed by atoms with Gasteiger partial charge < -0.3 is 5.32 Å². The fraction of sp³-hybridized carbons (Fsp3) is 0.357. The van der Waals surface area contributed by atoms with Crippen molar-refractivity contribution < 1.29 is 4.79 Å². The molecule has 0 aliphatic carbocycles. The normalized spacial score (nSPS) is 11.4. The van der Waals surface area contributed by atoms with E-state index < -0.39 is 0 Å². The van der Waals surface area contributed by atoms with Gasteiger partial charge in [0.2, 0.25) is 0 Å². The van der Waals surface area contributed by atoms with Crippen molar-refractivity contribution in [1.29, 1.82) is 0 Å². The lowest BCUT2D eigenvalue weighted by Crippen LogP contribution is -2.20. The number of hydrogen-bond donors (Lipinski definition) is 1. The van der Waals surface area contributed by atoms with E-state index in [1.807, 2.05) is 27.8 Å². The molecule has 20 heavy (non-hydrogen) atoms. The molecule has 0 atom stereocenters. The van der Waals surface area contributed by atoms with Crippen LogP contribution >= 0.6 is 15.9 Å². The molecule has 0 fully saturated rings. The van der Waals surface area contributed by atoms with Crippen molar-refractivity contribution in [1.82, 2.24) is 14.8 Å². The molecular weight excluding hydrogens is 320 g/mol. The molecule has 0 aliphatic heterocycles. The molecule has 1 amide bonds. The van der Waals surface area contributed by atoms with E-state index in [2.05, 4.69) is 31.3 Å². The van der Waals surface area contributed by atoms with Crippen LogP contribution in [0.4, 0.5) is 5.69 Å². The monoisotopic (exact) mass is 336 g/mol. The Hall–Kier alpha value is -1.69. The summed E-state index contributed by atoms with van der Waals surface area (Å²) < 4.78 is 2.41. The molecule has 0 aromatic carbocycles. The van der Waals surface area contributed by atoms with Crippen LogP contribution in [0.25, 0.3) is 0 Å². The van der Waals surface area contributed by atoms with E-state index in [4.69, 9.17) is 0 Å². The first kappa shape index (κ1) is 14.7. The predicted molar refractivity (Wildman–Crippen MR) is 81.8 cm³/mol. The highest BCUT2D eigenvalue weighted by Crippen LogP contribution is 2.26. The molecule has 0 unspecified atom stereocenters. The van der Waals surface area contributed by atoms with Crippen LogP contribution in [0, 0.1) is 0 Å². The summed E-state index contributed by atoms with van der Waals surface area (Å²) in [5.41, 5.74) is 1.86. The van der Waals surface area contributed by atoms with Gasteiger partial charge in [0.25, 0.3) is 5.91 Å². The second kappa shape index (κ2) is 5.36. The smallest absolute Gasteiger partial charge is 0.259 e. The Kier molecular flexibility index (Phi) is 3.94. The van der Waals surface area contributed by atoms with Crippen molar-refractivity contribution in [3.05, 3.63) is 40.4 Å². The fourth-order valence-corrected chi connectivity index (χ4v) is 2.22. The molecule has 2 aromatic heterocycles. The highest BCUT2D eigenvalue weighted by Gasteiger charge is 2.25. The van der Waals surface area contributed by atoms with Gasteiger partial charge in [-0.2, -0.15) is 5.10 Å². The van der Waals surface area contributed by atoms with Gasteiger partial charge in [0.05, 0.1) is 21.4 Å². The Labute approximate surface area is 126 Å². The molecule has 2 heterocycles. The number of aromatic nitrogens is 3. The summed E-state index contributed by atoms with van der Waals surface area (Å²) in [7, 11) is 1.81. The second-order valence-electron chi connectivity index (χ2n) is 5.62. The highest BCUT2D eigenvalue weighted by molar-refractivity contribution is 9.10. The SMILES string of the molecule is Cn1cc(C(=O)Nc2ccncc2Br)c(C(C)(C)C)n1. The molecule has 0 saturated carbocycles. The number of nitrogens with zero attached hydrogens (tertiary/aromatic N) is 3. The van der Waals surface area contributed by atoms with E-state index in [0.717, 1.165) is 10.2 Å². The topological polar surface area (TPSA) is 59.8 Å². The Morgan fingerprint density at radius 2 is 2.10 bits per heavy atom. The lowest BCUT2D eigenvalue weighted by atomic mass is 9.89. The summed E-state index contributed by atoms with van der Waals surface area (Å²) in [6.07, 6.45) is 5.02. The van der Waals surface area contributed by atoms with Crippen LogP contribution in [0.3, 0.4) is 0 Å². The maximum atomic E-state index is 12.4. The Balaban J connectivity index is 2.33. The maximum absolute atomic E-state index is 12.4. The molecule has 0 saturated heterocycles. The first-order chi connectivity index (χ1) is 9.29. The first-order valence-corrected chi connectivity index (χ1v) is 7.03. The minimum absolute atomic E-state index is 0.171. The van der Waals surface area contributed by atoms with Gasteiger partial charge >= 0.3 is 0 Å². The van der Waals surface area contributed by atoms with Crippen molar-refractivity contribution >= 4 is 27.5 Å². The molecule has 0 aliphatic rings. The fourth-order valence-electron chi connectivity index (χ4n) is 1.87. The summed E-state index contributed by atoms with van der Waals surface area (Å²) in [4.78, 5) is 16.4. The molecule has 106 valence electrons. The van der Waals surface area contributed by atoms with Gasteiger partial charge in [-0.15, -0.1) is 0 Å². The van der Waals surface area contributed by atoms with E-state index in [1.54, 1.807) is 29.3 Å². The number of pyridine rings is 1. The van der Waals surface area contributed by atoms with Crippen molar-refractivity contribution in [3.63, 3.8) is 0 Å². The second-order valence-corrected chi connectivity index (χ2v) is 6.48. The molecule has 0 bridgehead atoms. The summed E-state index contributed by atoms with van der Waals surface area (Å²) in [5, 5.41) is 7.27. The molecule has 2 rings (SSSR count). The lowest BCUT2D eigenvalue weighted by Gasteiger charge is -2.17. The van der Waals surface area contributed by atoms with Crippen molar-refractivity contribution in [2.75, 3.05) is 5.32 Å². The van der Waals surface area contributed by atoms with E-state index in [-0.39, 0.29) is 11.3 Å². The predicted octanol–water partition coefficient (Wildman–Crippen LogP) is 3.13. The minimum Gasteiger partial charge on any atom is -0.321 e. The number of nitrogens with one attached hydrogen (secondary N) is 1. The van der Waals surface area contributed by atoms with Crippen LogP contribution in [0.1, 0.15) is 36.8 Å². The molecule has 2 aromatic rings. The molecule has 0 radical (unpaired) electrons. The highest BCUT2D eigenvalue weighted by atomic mass is 79.9. The molecule has 0 spiro atoms. The van der Waals surface area contributed by atoms with Gasteiger partial charge in [0.15, 0.2) is 0 Å². The van der Waals surface area contributed by atoms with Crippen LogP contribution in [0.5, 0.6) is 0 Å². The molecular formula is C14H17BrN4O. The molecule has 1 N–H and O–H groups in total. The van der Waals surface area contributed by atoms with Gasteiger partial charge in [-0.05, 0) is 22.0 Å². The summed E-state index contributed by atoms with van der Waals surface area (Å²) in [5.74, 6) is -0.171. The largest absolute Gasteiger partial charge is 0.321 e. The van der Waals surface area contributed by atoms with Gasteiger partial charge in [-0.3, -0.25) is 14.5 Å². The third-order valence-electron chi connectivity index (χ3n) is 2.80. The quantitative estimate of drug-likeness (QED) is 0.916. The first-order valence-electron chi connectivity index (χ1n) is 6.24. The third-order valence-corrected chi connectivity index (χ3v) is 3.44. The van der Waals surface area contributed by atoms with E-state index >= 15 is 0 Å². The van der Waals surface area contributed by atoms with Crippen LogP contribution < -0.4 is 5.32 Å². The Morgan fingerprint density at radius 3 is 2.70 bits per heavy atom. The average molecular weight is 337 g/mol. The summed E-state index contributed by atoms with van der Waals surface area (Å²) in [6.45, 7) is 6.11. The lowest BCUT2D eigenvalue weighted by molar-refractivity contribution is 0.102. The number of carbonyl (C=O) groups excluding carboxylic acids is 1. The Morgan fingerprint density at radius 1 is 1.40 bits per heavy atom. The molecule has 5 nitrogen and oxygen atoms in total. The van der Waals surface area contributed by atoms with Gasteiger partial charge in [-0.25, -0.2) is 0 Å². The van der Waals surface area contributed by atoms with Gasteiger partial charge in [-0.1, -0.05) is 20.8 Å². The van der Waals surface area contributed by atoms with E-state index in [1.165, 1.54) is 0 Å². The zero-order valence-corrected chi connectivity index (χ0v) is 13.5. The van der Waals surface area contributed by atoms with Crippen molar-refractivity contribution in [2.45, 2.75) is 26.2 Å². The zero-order valence-electron chi connectivity index (χ0n) is 11.9. The number of hydrogen-bond acceptors (Lipinski definition) is 3. The average Bonchev–Trinajstić information content (AvgIpc) is 2.74. The number of rotatable bonds is 2. The van der Waals surface area contributed by atoms with Gasteiger partial charge in [0.1, 0.15) is 0 Å². The summed E-state index contributed by atoms with van der Waals surface area (Å²) >= 11 is 3.36. The van der Waals surface area contributed by atoms with Crippen LogP contribution in [0.15, 0.2) is 29.1 Å². The minimum atomic E-state index is -0.191. The van der Waals surface area contributed by atoms with E-state index in [9.17, 15) is 4.79 Å². The van der Waals surface area contributed by atoms with Crippen LogP contribution in [0.2, 0.25) is 0 Å². The zero-order chi connectivity index (χ0) is 14.9. The summed E-state index contributed by atoms with van der Waals surface area (Å²) in [6, 6.07) is 1.75. The molecule has 6 heteroatoms. The number of carbonyl (C=O) groups is 1. The van der Waals surface area contributed by atoms with Crippen LogP contribution in [-0.4, -0.2) is 20.7 Å². The standard InChI is InChI=1S/C14H17BrN4O/c1-14(2,3)12-9(8-19(4)18-12)13(20)17-11-5-6-16-7-10(11)15/h5-8H,1-4H3,(H,16,17,20). The van der Waals surface area contributed by atoms with Crippen LogP contribution in [-0.2, 0) is 12.5 Å². The van der Waals surface area contributed by atoms with Gasteiger partial charge in [0, 0.05) is 31.1 Å². The van der Waals surface area contributed by atoms with E-state index in [0.29, 0.717) is 11.3 Å². The number of anilines is 1. The number of halogens is 1. The maximum Gasteiger partial charge on any atom is 0.259 e. The third kappa shape index (κ3) is 3.07. The van der Waals surface area contributed by atoms with Crippen molar-refractivity contribution in [2.24, 2.45) is 7.05 Å². The number of aryl methyl sites for hydroxylation is 1. The van der Waals surface area contributed by atoms with Crippen molar-refractivity contribution in [3.8, 4) is 0 Å². The number of amides is 1.